The van der Waals surface area contributed by atoms with E-state index in [-0.39, 0.29) is 22.4 Å². The van der Waals surface area contributed by atoms with Crippen molar-refractivity contribution in [2.24, 2.45) is 0 Å². The van der Waals surface area contributed by atoms with Gasteiger partial charge in [-0.3, -0.25) is 4.79 Å². The van der Waals surface area contributed by atoms with Crippen LogP contribution in [0.25, 0.3) is 11.5 Å². The third-order valence-corrected chi connectivity index (χ3v) is 9.32. The largest absolute Gasteiger partial charge is 0.497 e. The van der Waals surface area contributed by atoms with Crippen LogP contribution in [0.5, 0.6) is 5.75 Å². The smallest absolute Gasteiger partial charge is 0.277 e. The van der Waals surface area contributed by atoms with E-state index in [1.54, 1.807) is 31.4 Å². The van der Waals surface area contributed by atoms with E-state index in [2.05, 4.69) is 15.1 Å². The predicted molar refractivity (Wildman–Crippen MR) is 140 cm³/mol. The Labute approximate surface area is 220 Å². The van der Waals surface area contributed by atoms with Gasteiger partial charge in [-0.15, -0.1) is 10.2 Å². The Bertz CT molecular complexity index is 1310. The van der Waals surface area contributed by atoms with Gasteiger partial charge in [-0.1, -0.05) is 11.8 Å². The zero-order chi connectivity index (χ0) is 25.8. The normalized spacial score (nSPS) is 16.8. The van der Waals surface area contributed by atoms with Crippen molar-refractivity contribution in [2.45, 2.75) is 23.0 Å². The first-order chi connectivity index (χ1) is 17.9. The van der Waals surface area contributed by atoms with Crippen LogP contribution in [-0.2, 0) is 14.8 Å². The van der Waals surface area contributed by atoms with Gasteiger partial charge in [-0.25, -0.2) is 8.42 Å². The molecule has 2 aromatic carbocycles. The molecule has 0 spiro atoms. The Balaban J connectivity index is 1.12. The molecule has 2 saturated heterocycles. The minimum Gasteiger partial charge on any atom is -0.497 e. The average molecular weight is 544 g/mol. The molecule has 1 amide bonds. The van der Waals surface area contributed by atoms with Crippen LogP contribution in [-0.4, -0.2) is 85.9 Å². The summed E-state index contributed by atoms with van der Waals surface area (Å²) in [5, 5.41) is 8.40. The van der Waals surface area contributed by atoms with E-state index < -0.39 is 10.0 Å². The number of rotatable bonds is 8. The first-order valence-corrected chi connectivity index (χ1v) is 14.6. The third kappa shape index (κ3) is 5.76. The van der Waals surface area contributed by atoms with E-state index >= 15 is 0 Å². The average Bonchev–Trinajstić information content (AvgIpc) is 3.65. The van der Waals surface area contributed by atoms with Gasteiger partial charge in [0.2, 0.25) is 21.8 Å². The van der Waals surface area contributed by atoms with Crippen molar-refractivity contribution in [3.8, 4) is 17.2 Å². The summed E-state index contributed by atoms with van der Waals surface area (Å²) >= 11 is 1.20. The molecule has 0 bridgehead atoms. The summed E-state index contributed by atoms with van der Waals surface area (Å²) < 4.78 is 37.9. The number of sulfonamides is 1. The molecule has 1 aromatic heterocycles. The molecule has 2 aliphatic heterocycles. The maximum Gasteiger partial charge on any atom is 0.277 e. The quantitative estimate of drug-likeness (QED) is 0.396. The number of carbonyl (C=O) groups is 1. The molecule has 3 aromatic rings. The topological polar surface area (TPSA) is 109 Å². The van der Waals surface area contributed by atoms with Crippen molar-refractivity contribution in [1.82, 2.24) is 19.4 Å². The number of carbonyl (C=O) groups excluding carboxylic acids is 1. The monoisotopic (exact) mass is 543 g/mol. The van der Waals surface area contributed by atoms with Crippen LogP contribution in [0.2, 0.25) is 0 Å². The summed E-state index contributed by atoms with van der Waals surface area (Å²) in [7, 11) is -1.82. The molecule has 2 aliphatic rings. The van der Waals surface area contributed by atoms with Crippen LogP contribution in [0, 0.1) is 0 Å². The van der Waals surface area contributed by atoms with Gasteiger partial charge in [0.1, 0.15) is 5.75 Å². The van der Waals surface area contributed by atoms with Crippen molar-refractivity contribution in [3.63, 3.8) is 0 Å². The lowest BCUT2D eigenvalue weighted by Crippen LogP contribution is -2.49. The zero-order valence-corrected chi connectivity index (χ0v) is 22.2. The van der Waals surface area contributed by atoms with Crippen molar-refractivity contribution in [2.75, 3.05) is 57.0 Å². The summed E-state index contributed by atoms with van der Waals surface area (Å²) in [5.74, 6) is 1.34. The number of ether oxygens (including phenoxy) is 1. The number of piperazine rings is 1. The van der Waals surface area contributed by atoms with Crippen molar-refractivity contribution >= 4 is 33.4 Å². The van der Waals surface area contributed by atoms with Crippen LogP contribution < -0.4 is 9.64 Å². The molecule has 12 heteroatoms. The Kier molecular flexibility index (Phi) is 7.68. The highest BCUT2D eigenvalue weighted by Crippen LogP contribution is 2.27. The molecule has 0 unspecified atom stereocenters. The second-order valence-corrected chi connectivity index (χ2v) is 11.7. The maximum absolute atomic E-state index is 12.7. The molecule has 0 saturated carbocycles. The SMILES string of the molecule is COc1ccc(N2CCN(C(=O)CSc3nnc(-c4ccc(S(=O)(=O)N5CCCC5)cc4)o3)CC2)cc1. The summed E-state index contributed by atoms with van der Waals surface area (Å²) in [6, 6.07) is 14.4. The van der Waals surface area contributed by atoms with Gasteiger partial charge >= 0.3 is 0 Å². The van der Waals surface area contributed by atoms with E-state index in [1.807, 2.05) is 29.2 Å². The molecule has 0 atom stereocenters. The molecule has 2 fully saturated rings. The number of hydrogen-bond donors (Lipinski definition) is 0. The van der Waals surface area contributed by atoms with Crippen LogP contribution in [0.15, 0.2) is 63.1 Å². The molecule has 0 radical (unpaired) electrons. The summed E-state index contributed by atoms with van der Waals surface area (Å²) in [5.41, 5.74) is 1.74. The highest BCUT2D eigenvalue weighted by molar-refractivity contribution is 7.99. The van der Waals surface area contributed by atoms with Gasteiger partial charge in [0.15, 0.2) is 0 Å². The van der Waals surface area contributed by atoms with Crippen LogP contribution in [0.1, 0.15) is 12.8 Å². The molecule has 196 valence electrons. The molecule has 37 heavy (non-hydrogen) atoms. The van der Waals surface area contributed by atoms with Gasteiger partial charge in [0, 0.05) is 50.5 Å². The Morgan fingerprint density at radius 1 is 0.946 bits per heavy atom. The van der Waals surface area contributed by atoms with E-state index in [1.165, 1.54) is 16.1 Å². The maximum atomic E-state index is 12.7. The number of aromatic nitrogens is 2. The van der Waals surface area contributed by atoms with E-state index in [9.17, 15) is 13.2 Å². The van der Waals surface area contributed by atoms with Crippen molar-refractivity contribution in [3.05, 3.63) is 48.5 Å². The molecule has 0 aliphatic carbocycles. The first kappa shape index (κ1) is 25.6. The molecular weight excluding hydrogens is 514 g/mol. The molecule has 3 heterocycles. The number of nitrogens with zero attached hydrogens (tertiary/aromatic N) is 5. The Morgan fingerprint density at radius 3 is 2.27 bits per heavy atom. The third-order valence-electron chi connectivity index (χ3n) is 6.60. The standard InChI is InChI=1S/C25H29N5O5S2/c1-34-21-8-6-20(7-9-21)28-14-16-29(17-15-28)23(31)18-36-25-27-26-24(35-25)19-4-10-22(11-5-19)37(32,33)30-12-2-3-13-30/h4-11H,2-3,12-18H2,1H3. The van der Waals surface area contributed by atoms with Gasteiger partial charge in [-0.2, -0.15) is 4.31 Å². The zero-order valence-electron chi connectivity index (χ0n) is 20.6. The minimum absolute atomic E-state index is 0.0237. The first-order valence-electron chi connectivity index (χ1n) is 12.2. The fourth-order valence-corrected chi connectivity index (χ4v) is 6.64. The van der Waals surface area contributed by atoms with Crippen molar-refractivity contribution < 1.29 is 22.4 Å². The molecule has 10 nitrogen and oxygen atoms in total. The van der Waals surface area contributed by atoms with Gasteiger partial charge in [-0.05, 0) is 61.4 Å². The summed E-state index contributed by atoms with van der Waals surface area (Å²) in [6.45, 7) is 3.94. The second-order valence-electron chi connectivity index (χ2n) is 8.86. The summed E-state index contributed by atoms with van der Waals surface area (Å²) in [6.07, 6.45) is 1.78. The Hall–Kier alpha value is -3.09. The number of methoxy groups -OCH3 is 1. The van der Waals surface area contributed by atoms with Gasteiger partial charge in [0.05, 0.1) is 17.8 Å². The number of thioether (sulfide) groups is 1. The Morgan fingerprint density at radius 2 is 1.62 bits per heavy atom. The van der Waals surface area contributed by atoms with E-state index in [0.29, 0.717) is 37.0 Å². The molecule has 0 N–H and O–H groups in total. The number of benzene rings is 2. The predicted octanol–water partition coefficient (Wildman–Crippen LogP) is 2.97. The van der Waals surface area contributed by atoms with Gasteiger partial charge < -0.3 is 19.0 Å². The lowest BCUT2D eigenvalue weighted by Gasteiger charge is -2.36. The molecule has 5 rings (SSSR count). The summed E-state index contributed by atoms with van der Waals surface area (Å²) in [4.78, 5) is 17.1. The lowest BCUT2D eigenvalue weighted by molar-refractivity contribution is -0.128. The molecular formula is C25H29N5O5S2. The fraction of sp³-hybridized carbons (Fsp3) is 0.400. The minimum atomic E-state index is -3.47. The number of anilines is 1. The number of hydrogen-bond acceptors (Lipinski definition) is 9. The lowest BCUT2D eigenvalue weighted by atomic mass is 10.2. The highest BCUT2D eigenvalue weighted by Gasteiger charge is 2.27. The van der Waals surface area contributed by atoms with Gasteiger partial charge in [0.25, 0.3) is 5.22 Å². The second kappa shape index (κ2) is 11.1. The van der Waals surface area contributed by atoms with E-state index in [4.69, 9.17) is 9.15 Å². The van der Waals surface area contributed by atoms with Crippen LogP contribution >= 0.6 is 11.8 Å². The van der Waals surface area contributed by atoms with Crippen LogP contribution in [0.4, 0.5) is 5.69 Å². The van der Waals surface area contributed by atoms with Crippen LogP contribution in [0.3, 0.4) is 0 Å². The van der Waals surface area contributed by atoms with E-state index in [0.717, 1.165) is 37.4 Å². The number of amides is 1. The highest BCUT2D eigenvalue weighted by atomic mass is 32.2. The van der Waals surface area contributed by atoms with Crippen molar-refractivity contribution in [1.29, 1.82) is 0 Å². The fourth-order valence-electron chi connectivity index (χ4n) is 4.45.